The average molecular weight is 382 g/mol. The number of carbonyl (C=O) groups excluding carboxylic acids is 2. The Morgan fingerprint density at radius 1 is 1.33 bits per heavy atom. The highest BCUT2D eigenvalue weighted by Gasteiger charge is 2.37. The zero-order valence-electron chi connectivity index (χ0n) is 14.6. The van der Waals surface area contributed by atoms with E-state index in [0.29, 0.717) is 17.8 Å². The summed E-state index contributed by atoms with van der Waals surface area (Å²) in [6.07, 6.45) is 1.78. The van der Waals surface area contributed by atoms with Gasteiger partial charge in [-0.2, -0.15) is 0 Å². The van der Waals surface area contributed by atoms with Crippen LogP contribution in [0.1, 0.15) is 29.9 Å². The number of nitrogens with zero attached hydrogens (tertiary/aromatic N) is 2. The van der Waals surface area contributed by atoms with Crippen LogP contribution >= 0.6 is 0 Å². The van der Waals surface area contributed by atoms with Crippen LogP contribution in [0, 0.1) is 17.5 Å². The van der Waals surface area contributed by atoms with E-state index in [-0.39, 0.29) is 12.1 Å². The highest BCUT2D eigenvalue weighted by Crippen LogP contribution is 2.35. The normalized spacial score (nSPS) is 17.2. The molecule has 7 nitrogen and oxygen atoms in total. The largest absolute Gasteiger partial charge is 0.467 e. The Balaban J connectivity index is 2.00. The summed E-state index contributed by atoms with van der Waals surface area (Å²) in [6, 6.07) is -0.845. The fraction of sp³-hybridized carbons (Fsp3) is 0.353. The van der Waals surface area contributed by atoms with Crippen molar-refractivity contribution in [2.45, 2.75) is 25.4 Å². The molecule has 0 aliphatic carbocycles. The summed E-state index contributed by atoms with van der Waals surface area (Å²) in [4.78, 5) is 32.5. The molecule has 2 N–H and O–H groups in total. The number of aromatic amines is 1. The minimum absolute atomic E-state index is 0.151. The number of rotatable bonds is 3. The van der Waals surface area contributed by atoms with Gasteiger partial charge in [-0.15, -0.1) is 0 Å². The van der Waals surface area contributed by atoms with Crippen molar-refractivity contribution in [3.8, 4) is 0 Å². The molecule has 0 saturated carbocycles. The van der Waals surface area contributed by atoms with Gasteiger partial charge in [0.15, 0.2) is 17.5 Å². The van der Waals surface area contributed by atoms with Crippen molar-refractivity contribution in [2.75, 3.05) is 13.7 Å². The number of urea groups is 1. The molecule has 0 unspecified atom stereocenters. The van der Waals surface area contributed by atoms with Gasteiger partial charge in [0.25, 0.3) is 0 Å². The second-order valence-corrected chi connectivity index (χ2v) is 6.07. The number of nitrogens with one attached hydrogen (secondary N) is 2. The van der Waals surface area contributed by atoms with Crippen LogP contribution in [0.5, 0.6) is 0 Å². The second-order valence-electron chi connectivity index (χ2n) is 6.07. The van der Waals surface area contributed by atoms with E-state index in [1.54, 1.807) is 0 Å². The summed E-state index contributed by atoms with van der Waals surface area (Å²) in [7, 11) is 1.18. The molecule has 0 saturated heterocycles. The zero-order chi connectivity index (χ0) is 19.7. The van der Waals surface area contributed by atoms with Crippen LogP contribution in [-0.2, 0) is 16.0 Å². The van der Waals surface area contributed by atoms with Gasteiger partial charge in [-0.1, -0.05) is 6.07 Å². The zero-order valence-corrected chi connectivity index (χ0v) is 14.6. The van der Waals surface area contributed by atoms with Gasteiger partial charge in [0.1, 0.15) is 12.1 Å². The first kappa shape index (κ1) is 18.7. The maximum atomic E-state index is 14.4. The van der Waals surface area contributed by atoms with Gasteiger partial charge in [0.2, 0.25) is 0 Å². The van der Waals surface area contributed by atoms with Crippen LogP contribution in [0.3, 0.4) is 0 Å². The monoisotopic (exact) mass is 382 g/mol. The van der Waals surface area contributed by atoms with Crippen LogP contribution in [0.4, 0.5) is 18.0 Å². The van der Waals surface area contributed by atoms with Crippen molar-refractivity contribution in [1.29, 1.82) is 0 Å². The first-order valence-electron chi connectivity index (χ1n) is 8.15. The van der Waals surface area contributed by atoms with Gasteiger partial charge >= 0.3 is 12.0 Å². The average Bonchev–Trinajstić information content (AvgIpc) is 3.13. The third kappa shape index (κ3) is 3.34. The van der Waals surface area contributed by atoms with Gasteiger partial charge in [0, 0.05) is 24.2 Å². The maximum Gasteiger partial charge on any atom is 0.328 e. The molecule has 1 aliphatic rings. The number of H-pyrrole nitrogens is 1. The number of methoxy groups -OCH3 is 1. The van der Waals surface area contributed by atoms with E-state index in [2.05, 4.69) is 20.0 Å². The van der Waals surface area contributed by atoms with Crippen molar-refractivity contribution in [2.24, 2.45) is 0 Å². The van der Waals surface area contributed by atoms with Gasteiger partial charge in [-0.3, -0.25) is 0 Å². The predicted molar refractivity (Wildman–Crippen MR) is 87.2 cm³/mol. The number of benzene rings is 1. The minimum Gasteiger partial charge on any atom is -0.467 e. The number of hydrogen-bond acceptors (Lipinski definition) is 4. The lowest BCUT2D eigenvalue weighted by atomic mass is 9.95. The Kier molecular flexibility index (Phi) is 5.06. The van der Waals surface area contributed by atoms with E-state index in [0.717, 1.165) is 12.1 Å². The molecule has 144 valence electrons. The van der Waals surface area contributed by atoms with Gasteiger partial charge in [-0.05, 0) is 13.0 Å². The van der Waals surface area contributed by atoms with Crippen LogP contribution < -0.4 is 5.32 Å². The topological polar surface area (TPSA) is 87.3 Å². The molecule has 1 aromatic heterocycles. The molecule has 27 heavy (non-hydrogen) atoms. The van der Waals surface area contributed by atoms with Crippen LogP contribution in [-0.4, -0.2) is 46.6 Å². The van der Waals surface area contributed by atoms with Gasteiger partial charge in [0.05, 0.1) is 19.1 Å². The number of esters is 1. The first-order chi connectivity index (χ1) is 12.8. The number of ether oxygens (including phenoxy) is 1. The molecule has 2 heterocycles. The summed E-state index contributed by atoms with van der Waals surface area (Å²) in [5.74, 6) is -5.01. The van der Waals surface area contributed by atoms with Crippen LogP contribution in [0.15, 0.2) is 18.5 Å². The van der Waals surface area contributed by atoms with Gasteiger partial charge in [-0.25, -0.2) is 27.7 Å². The summed E-state index contributed by atoms with van der Waals surface area (Å²) in [6.45, 7) is 1.58. The number of hydrogen-bond donors (Lipinski definition) is 2. The predicted octanol–water partition coefficient (Wildman–Crippen LogP) is 2.05. The molecule has 2 amide bonds. The standard InChI is InChI=1S/C17H17F3N4O3/c1-8(16(25)27-2)23-17(26)24-6-5-11-14(22-7-21-11)15(24)9-3-4-10(18)13(20)12(9)19/h3-4,7-8,15H,5-6H2,1-2H3,(H,21,22)(H,23,26)/t8-,15+/m1/s1. The maximum absolute atomic E-state index is 14.4. The minimum atomic E-state index is -1.63. The van der Waals surface area contributed by atoms with E-state index in [4.69, 9.17) is 0 Å². The highest BCUT2D eigenvalue weighted by atomic mass is 19.2. The summed E-state index contributed by atoms with van der Waals surface area (Å²) >= 11 is 0. The van der Waals surface area contributed by atoms with Crippen molar-refractivity contribution >= 4 is 12.0 Å². The number of halogens is 3. The lowest BCUT2D eigenvalue weighted by Gasteiger charge is -2.35. The van der Waals surface area contributed by atoms with Crippen molar-refractivity contribution < 1.29 is 27.5 Å². The summed E-state index contributed by atoms with van der Waals surface area (Å²) in [5, 5.41) is 2.45. The van der Waals surface area contributed by atoms with E-state index >= 15 is 0 Å². The third-order valence-corrected chi connectivity index (χ3v) is 4.44. The smallest absolute Gasteiger partial charge is 0.328 e. The number of fused-ring (bicyclic) bond motifs is 1. The Morgan fingerprint density at radius 2 is 2.07 bits per heavy atom. The summed E-state index contributed by atoms with van der Waals surface area (Å²) < 4.78 is 46.1. The summed E-state index contributed by atoms with van der Waals surface area (Å²) in [5.41, 5.74) is 0.754. The van der Waals surface area contributed by atoms with Crippen LogP contribution in [0.25, 0.3) is 0 Å². The van der Waals surface area contributed by atoms with Crippen molar-refractivity contribution in [3.05, 3.63) is 52.9 Å². The number of amides is 2. The Hall–Kier alpha value is -3.04. The molecule has 2 aromatic rings. The van der Waals surface area contributed by atoms with Gasteiger partial charge < -0.3 is 19.9 Å². The molecule has 1 aliphatic heterocycles. The Bertz CT molecular complexity index is 886. The molecule has 0 fully saturated rings. The lowest BCUT2D eigenvalue weighted by molar-refractivity contribution is -0.142. The van der Waals surface area contributed by atoms with Crippen LogP contribution in [0.2, 0.25) is 0 Å². The molecule has 0 radical (unpaired) electrons. The molecule has 0 bridgehead atoms. The molecule has 2 atom stereocenters. The van der Waals surface area contributed by atoms with E-state index in [9.17, 15) is 22.8 Å². The van der Waals surface area contributed by atoms with E-state index in [1.165, 1.54) is 25.3 Å². The second kappa shape index (κ2) is 7.29. The fourth-order valence-electron chi connectivity index (χ4n) is 3.07. The first-order valence-corrected chi connectivity index (χ1v) is 8.15. The van der Waals surface area contributed by atoms with E-state index < -0.39 is 41.5 Å². The Morgan fingerprint density at radius 3 is 2.78 bits per heavy atom. The number of imidazole rings is 1. The fourth-order valence-corrected chi connectivity index (χ4v) is 3.07. The Labute approximate surface area is 152 Å². The molecular formula is C17H17F3N4O3. The number of carbonyl (C=O) groups is 2. The lowest BCUT2D eigenvalue weighted by Crippen LogP contribution is -2.50. The molecule has 10 heteroatoms. The van der Waals surface area contributed by atoms with E-state index in [1.807, 2.05) is 0 Å². The molecular weight excluding hydrogens is 365 g/mol. The van der Waals surface area contributed by atoms with Crippen molar-refractivity contribution in [3.63, 3.8) is 0 Å². The molecule has 0 spiro atoms. The number of aromatic nitrogens is 2. The third-order valence-electron chi connectivity index (χ3n) is 4.44. The molecule has 1 aromatic carbocycles. The highest BCUT2D eigenvalue weighted by molar-refractivity contribution is 5.83. The van der Waals surface area contributed by atoms with Crippen molar-refractivity contribution in [1.82, 2.24) is 20.2 Å². The molecule has 3 rings (SSSR count). The SMILES string of the molecule is COC(=O)[C@@H](C)NC(=O)N1CCc2[nH]cnc2[C@@H]1c1ccc(F)c(F)c1F. The quantitative estimate of drug-likeness (QED) is 0.628.